The monoisotopic (exact) mass is 214 g/mol. The first-order valence-electron chi connectivity index (χ1n) is 5.32. The summed E-state index contributed by atoms with van der Waals surface area (Å²) in [6.45, 7) is 4.04. The number of hydrogen-bond acceptors (Lipinski definition) is 2. The molecule has 0 saturated heterocycles. The van der Waals surface area contributed by atoms with E-state index in [0.717, 1.165) is 11.3 Å². The van der Waals surface area contributed by atoms with Gasteiger partial charge in [-0.25, -0.2) is 0 Å². The largest absolute Gasteiger partial charge is 0.283 e. The SMILES string of the molecule is CC(C)c1cccn(-c2cccnc2)c1=O. The summed E-state index contributed by atoms with van der Waals surface area (Å²) in [4.78, 5) is 16.2. The molecule has 0 unspecified atom stereocenters. The van der Waals surface area contributed by atoms with Crippen LogP contribution in [0.5, 0.6) is 0 Å². The average molecular weight is 214 g/mol. The Hall–Kier alpha value is -1.90. The molecule has 0 radical (unpaired) electrons. The van der Waals surface area contributed by atoms with Crippen molar-refractivity contribution in [2.75, 3.05) is 0 Å². The van der Waals surface area contributed by atoms with Gasteiger partial charge in [0.1, 0.15) is 0 Å². The zero-order chi connectivity index (χ0) is 11.5. The van der Waals surface area contributed by atoms with Crippen molar-refractivity contribution in [3.8, 4) is 5.69 Å². The standard InChI is InChI=1S/C13H14N2O/c1-10(2)12-6-4-8-15(13(12)16)11-5-3-7-14-9-11/h3-10H,1-2H3. The maximum absolute atomic E-state index is 12.1. The van der Waals surface area contributed by atoms with Crippen molar-refractivity contribution >= 4 is 0 Å². The van der Waals surface area contributed by atoms with Crippen molar-refractivity contribution in [2.45, 2.75) is 19.8 Å². The van der Waals surface area contributed by atoms with Gasteiger partial charge in [-0.2, -0.15) is 0 Å². The summed E-state index contributed by atoms with van der Waals surface area (Å²) < 4.78 is 1.63. The number of aromatic nitrogens is 2. The molecule has 0 aliphatic heterocycles. The number of hydrogen-bond donors (Lipinski definition) is 0. The van der Waals surface area contributed by atoms with E-state index in [1.807, 2.05) is 38.1 Å². The van der Waals surface area contributed by atoms with Gasteiger partial charge >= 0.3 is 0 Å². The summed E-state index contributed by atoms with van der Waals surface area (Å²) >= 11 is 0. The third-order valence-electron chi connectivity index (χ3n) is 2.52. The molecule has 0 fully saturated rings. The fourth-order valence-electron chi connectivity index (χ4n) is 1.65. The first kappa shape index (κ1) is 10.6. The van der Waals surface area contributed by atoms with Crippen LogP contribution in [-0.4, -0.2) is 9.55 Å². The van der Waals surface area contributed by atoms with E-state index < -0.39 is 0 Å². The molecule has 0 aliphatic rings. The summed E-state index contributed by atoms with van der Waals surface area (Å²) in [6.07, 6.45) is 5.15. The van der Waals surface area contributed by atoms with E-state index in [1.54, 1.807) is 23.2 Å². The zero-order valence-electron chi connectivity index (χ0n) is 9.42. The Balaban J connectivity index is 2.60. The molecular formula is C13H14N2O. The topological polar surface area (TPSA) is 34.9 Å². The van der Waals surface area contributed by atoms with Crippen molar-refractivity contribution in [2.24, 2.45) is 0 Å². The molecule has 0 bridgehead atoms. The highest BCUT2D eigenvalue weighted by molar-refractivity contribution is 5.30. The third-order valence-corrected chi connectivity index (χ3v) is 2.52. The maximum atomic E-state index is 12.1. The molecule has 3 heteroatoms. The first-order chi connectivity index (χ1) is 7.70. The minimum Gasteiger partial charge on any atom is -0.283 e. The lowest BCUT2D eigenvalue weighted by Gasteiger charge is -2.09. The molecular weight excluding hydrogens is 200 g/mol. The molecule has 0 saturated carbocycles. The van der Waals surface area contributed by atoms with E-state index in [4.69, 9.17) is 0 Å². The van der Waals surface area contributed by atoms with Crippen molar-refractivity contribution in [1.29, 1.82) is 0 Å². The fraction of sp³-hybridized carbons (Fsp3) is 0.231. The predicted octanol–water partition coefficient (Wildman–Crippen LogP) is 2.36. The number of nitrogens with zero attached hydrogens (tertiary/aromatic N) is 2. The van der Waals surface area contributed by atoms with Gasteiger partial charge in [-0.15, -0.1) is 0 Å². The van der Waals surface area contributed by atoms with Gasteiger partial charge in [0, 0.05) is 18.0 Å². The highest BCUT2D eigenvalue weighted by Crippen LogP contribution is 2.10. The molecule has 2 aromatic rings. The van der Waals surface area contributed by atoms with Crippen LogP contribution < -0.4 is 5.56 Å². The second-order valence-corrected chi connectivity index (χ2v) is 4.00. The van der Waals surface area contributed by atoms with Crippen molar-refractivity contribution in [3.63, 3.8) is 0 Å². The molecule has 2 rings (SSSR count). The summed E-state index contributed by atoms with van der Waals surface area (Å²) in [7, 11) is 0. The van der Waals surface area contributed by atoms with Crippen LogP contribution >= 0.6 is 0 Å². The molecule has 0 amide bonds. The van der Waals surface area contributed by atoms with Crippen molar-refractivity contribution in [3.05, 3.63) is 58.8 Å². The summed E-state index contributed by atoms with van der Waals surface area (Å²) in [6, 6.07) is 7.46. The molecule has 0 spiro atoms. The highest BCUT2D eigenvalue weighted by Gasteiger charge is 2.07. The van der Waals surface area contributed by atoms with Gasteiger partial charge in [-0.05, 0) is 24.1 Å². The van der Waals surface area contributed by atoms with Gasteiger partial charge in [0.2, 0.25) is 0 Å². The lowest BCUT2D eigenvalue weighted by Crippen LogP contribution is -2.22. The Labute approximate surface area is 94.4 Å². The quantitative estimate of drug-likeness (QED) is 0.769. The van der Waals surface area contributed by atoms with E-state index in [2.05, 4.69) is 4.98 Å². The van der Waals surface area contributed by atoms with Crippen LogP contribution in [0.15, 0.2) is 47.7 Å². The molecule has 2 aromatic heterocycles. The Morgan fingerprint density at radius 3 is 2.69 bits per heavy atom. The first-order valence-corrected chi connectivity index (χ1v) is 5.32. The Kier molecular flexibility index (Phi) is 2.86. The van der Waals surface area contributed by atoms with Gasteiger partial charge in [0.25, 0.3) is 5.56 Å². The average Bonchev–Trinajstić information content (AvgIpc) is 2.30. The molecule has 16 heavy (non-hydrogen) atoms. The minimum atomic E-state index is 0.0329. The van der Waals surface area contributed by atoms with Crippen LogP contribution in [0.4, 0.5) is 0 Å². The van der Waals surface area contributed by atoms with Crippen LogP contribution in [0.2, 0.25) is 0 Å². The normalized spacial score (nSPS) is 10.7. The fourth-order valence-corrected chi connectivity index (χ4v) is 1.65. The van der Waals surface area contributed by atoms with Gasteiger partial charge in [-0.1, -0.05) is 19.9 Å². The van der Waals surface area contributed by atoms with E-state index in [0.29, 0.717) is 0 Å². The Morgan fingerprint density at radius 1 is 1.25 bits per heavy atom. The van der Waals surface area contributed by atoms with Crippen LogP contribution in [0, 0.1) is 0 Å². The lowest BCUT2D eigenvalue weighted by atomic mass is 10.1. The lowest BCUT2D eigenvalue weighted by molar-refractivity contribution is 0.818. The maximum Gasteiger partial charge on any atom is 0.258 e. The summed E-state index contributed by atoms with van der Waals surface area (Å²) in [5.41, 5.74) is 1.66. The highest BCUT2D eigenvalue weighted by atomic mass is 16.1. The van der Waals surface area contributed by atoms with Crippen LogP contribution in [0.25, 0.3) is 5.69 Å². The molecule has 0 aliphatic carbocycles. The number of pyridine rings is 2. The van der Waals surface area contributed by atoms with E-state index in [9.17, 15) is 4.79 Å². The minimum absolute atomic E-state index is 0.0329. The van der Waals surface area contributed by atoms with Crippen LogP contribution in [0.1, 0.15) is 25.3 Å². The molecule has 3 nitrogen and oxygen atoms in total. The van der Waals surface area contributed by atoms with Gasteiger partial charge in [0.05, 0.1) is 11.9 Å². The smallest absolute Gasteiger partial charge is 0.258 e. The van der Waals surface area contributed by atoms with Gasteiger partial charge in [0.15, 0.2) is 0 Å². The van der Waals surface area contributed by atoms with E-state index in [1.165, 1.54) is 0 Å². The Bertz CT molecular complexity index is 529. The Morgan fingerprint density at radius 2 is 2.06 bits per heavy atom. The van der Waals surface area contributed by atoms with Crippen LogP contribution in [-0.2, 0) is 0 Å². The molecule has 0 atom stereocenters. The molecule has 2 heterocycles. The predicted molar refractivity (Wildman–Crippen MR) is 63.9 cm³/mol. The zero-order valence-corrected chi connectivity index (χ0v) is 9.42. The summed E-state index contributed by atoms with van der Waals surface area (Å²) in [5.74, 6) is 0.233. The van der Waals surface area contributed by atoms with Crippen molar-refractivity contribution in [1.82, 2.24) is 9.55 Å². The number of rotatable bonds is 2. The second-order valence-electron chi connectivity index (χ2n) is 4.00. The molecule has 0 N–H and O–H groups in total. The summed E-state index contributed by atoms with van der Waals surface area (Å²) in [5, 5.41) is 0. The van der Waals surface area contributed by atoms with Crippen LogP contribution in [0.3, 0.4) is 0 Å². The second kappa shape index (κ2) is 4.31. The van der Waals surface area contributed by atoms with Gasteiger partial charge < -0.3 is 0 Å². The van der Waals surface area contributed by atoms with Crippen molar-refractivity contribution < 1.29 is 0 Å². The molecule has 0 aromatic carbocycles. The van der Waals surface area contributed by atoms with E-state index in [-0.39, 0.29) is 11.5 Å². The third kappa shape index (κ3) is 1.89. The molecule has 82 valence electrons. The van der Waals surface area contributed by atoms with E-state index >= 15 is 0 Å². The van der Waals surface area contributed by atoms with Gasteiger partial charge in [-0.3, -0.25) is 14.3 Å².